The van der Waals surface area contributed by atoms with Crippen LogP contribution in [0.25, 0.3) is 0 Å². The zero-order valence-electron chi connectivity index (χ0n) is 18.5. The number of hydrogen-bond donors (Lipinski definition) is 1. The highest BCUT2D eigenvalue weighted by Crippen LogP contribution is 2.27. The molecule has 2 aromatic carbocycles. The first-order chi connectivity index (χ1) is 15.9. The van der Waals surface area contributed by atoms with Crippen LogP contribution < -0.4 is 19.6 Å². The molecule has 1 N–H and O–H groups in total. The maximum atomic E-state index is 12.5. The second kappa shape index (κ2) is 10.5. The van der Waals surface area contributed by atoms with E-state index < -0.39 is 30.3 Å². The van der Waals surface area contributed by atoms with Crippen molar-refractivity contribution in [2.45, 2.75) is 6.42 Å². The number of carbonyl (C=O) groups is 4. The number of nitrogens with zero attached hydrogens (tertiary/aromatic N) is 1. The van der Waals surface area contributed by atoms with Gasteiger partial charge in [0.05, 0.1) is 33.8 Å². The van der Waals surface area contributed by atoms with E-state index in [0.717, 1.165) is 5.01 Å². The highest BCUT2D eigenvalue weighted by molar-refractivity contribution is 5.99. The molecule has 2 amide bonds. The molecule has 1 fully saturated rings. The van der Waals surface area contributed by atoms with Gasteiger partial charge in [-0.1, -0.05) is 0 Å². The van der Waals surface area contributed by atoms with E-state index in [1.807, 2.05) is 0 Å². The van der Waals surface area contributed by atoms with Gasteiger partial charge >= 0.3 is 5.97 Å². The van der Waals surface area contributed by atoms with Crippen LogP contribution in [0.5, 0.6) is 17.2 Å². The van der Waals surface area contributed by atoms with Crippen LogP contribution >= 0.6 is 0 Å². The Labute approximate surface area is 190 Å². The monoisotopic (exact) mass is 456 g/mol. The van der Waals surface area contributed by atoms with Crippen molar-refractivity contribution in [3.8, 4) is 17.2 Å². The largest absolute Gasteiger partial charge is 0.497 e. The lowest BCUT2D eigenvalue weighted by molar-refractivity contribution is -0.147. The number of rotatable bonds is 9. The number of carbonyl (C=O) groups excluding carboxylic acids is 4. The number of hydrogen-bond acceptors (Lipinski definition) is 8. The van der Waals surface area contributed by atoms with E-state index in [1.165, 1.54) is 33.5 Å². The number of benzene rings is 2. The molecule has 33 heavy (non-hydrogen) atoms. The Morgan fingerprint density at radius 1 is 0.939 bits per heavy atom. The Morgan fingerprint density at radius 3 is 2.24 bits per heavy atom. The van der Waals surface area contributed by atoms with Crippen LogP contribution in [-0.4, -0.2) is 63.1 Å². The summed E-state index contributed by atoms with van der Waals surface area (Å²) in [5.41, 5.74) is 3.10. The van der Waals surface area contributed by atoms with E-state index in [-0.39, 0.29) is 24.3 Å². The lowest BCUT2D eigenvalue weighted by atomic mass is 10.1. The third kappa shape index (κ3) is 5.59. The van der Waals surface area contributed by atoms with Crippen molar-refractivity contribution in [1.29, 1.82) is 0 Å². The number of nitrogens with one attached hydrogen (secondary N) is 1. The van der Waals surface area contributed by atoms with Crippen molar-refractivity contribution in [1.82, 2.24) is 10.4 Å². The fourth-order valence-electron chi connectivity index (χ4n) is 3.25. The summed E-state index contributed by atoms with van der Waals surface area (Å²) in [6, 6.07) is 11.0. The maximum Gasteiger partial charge on any atom is 0.311 e. The summed E-state index contributed by atoms with van der Waals surface area (Å²) in [6.45, 7) is -0.513. The molecule has 10 heteroatoms. The highest BCUT2D eigenvalue weighted by Gasteiger charge is 2.36. The topological polar surface area (TPSA) is 120 Å². The van der Waals surface area contributed by atoms with Crippen molar-refractivity contribution in [2.24, 2.45) is 5.92 Å². The molecule has 10 nitrogen and oxygen atoms in total. The molecule has 1 atom stereocenters. The van der Waals surface area contributed by atoms with E-state index >= 15 is 0 Å². The smallest absolute Gasteiger partial charge is 0.311 e. The molecule has 1 heterocycles. The molecule has 3 rings (SSSR count). The van der Waals surface area contributed by atoms with E-state index in [9.17, 15) is 19.2 Å². The molecule has 0 spiro atoms. The van der Waals surface area contributed by atoms with Gasteiger partial charge in [-0.05, 0) is 42.5 Å². The fraction of sp³-hybridized carbons (Fsp3) is 0.304. The Hall–Kier alpha value is -4.08. The first-order valence-corrected chi connectivity index (χ1v) is 10.0. The lowest BCUT2D eigenvalue weighted by Gasteiger charge is -2.18. The van der Waals surface area contributed by atoms with Crippen molar-refractivity contribution < 1.29 is 38.1 Å². The number of ether oxygens (including phenoxy) is 4. The Kier molecular flexibility index (Phi) is 7.50. The Morgan fingerprint density at radius 2 is 1.61 bits per heavy atom. The van der Waals surface area contributed by atoms with Crippen LogP contribution in [0.15, 0.2) is 42.5 Å². The van der Waals surface area contributed by atoms with E-state index in [0.29, 0.717) is 22.8 Å². The van der Waals surface area contributed by atoms with Crippen molar-refractivity contribution in [3.63, 3.8) is 0 Å². The second-order valence-corrected chi connectivity index (χ2v) is 7.18. The predicted octanol–water partition coefficient (Wildman–Crippen LogP) is 1.63. The van der Waals surface area contributed by atoms with Gasteiger partial charge in [-0.3, -0.25) is 29.6 Å². The molecule has 0 bridgehead atoms. The zero-order chi connectivity index (χ0) is 24.0. The van der Waals surface area contributed by atoms with Gasteiger partial charge in [-0.15, -0.1) is 0 Å². The molecule has 0 aliphatic carbocycles. The number of esters is 1. The van der Waals surface area contributed by atoms with Gasteiger partial charge in [0.2, 0.25) is 5.91 Å². The quantitative estimate of drug-likeness (QED) is 0.447. The first-order valence-electron chi connectivity index (χ1n) is 10.0. The Bertz CT molecular complexity index is 1050. The summed E-state index contributed by atoms with van der Waals surface area (Å²) in [6.07, 6.45) is -0.137. The van der Waals surface area contributed by atoms with Crippen LogP contribution in [0.1, 0.15) is 27.1 Å². The third-order valence-corrected chi connectivity index (χ3v) is 5.10. The highest BCUT2D eigenvalue weighted by atomic mass is 16.5. The molecule has 0 aromatic heterocycles. The van der Waals surface area contributed by atoms with Crippen molar-refractivity contribution >= 4 is 23.6 Å². The van der Waals surface area contributed by atoms with E-state index in [1.54, 1.807) is 30.3 Å². The average molecular weight is 456 g/mol. The number of Topliss-reactive ketones (excluding diaryl/α,β-unsaturated/α-hetero) is 1. The molecule has 1 aliphatic heterocycles. The van der Waals surface area contributed by atoms with Gasteiger partial charge in [-0.2, -0.15) is 0 Å². The van der Waals surface area contributed by atoms with Crippen LogP contribution in [0.4, 0.5) is 0 Å². The summed E-state index contributed by atoms with van der Waals surface area (Å²) < 4.78 is 20.5. The van der Waals surface area contributed by atoms with Crippen molar-refractivity contribution in [3.05, 3.63) is 53.6 Å². The molecular formula is C23H24N2O8. The molecule has 1 saturated heterocycles. The summed E-state index contributed by atoms with van der Waals surface area (Å²) in [5.74, 6) is -1.43. The molecule has 1 unspecified atom stereocenters. The standard InChI is InChI=1S/C23H24N2O8/c1-30-17-7-4-14(5-8-17)18(26)13-33-23(29)16-11-21(27)25(12-16)24-22(28)15-6-9-19(31-2)20(10-15)32-3/h4-10,16H,11-13H2,1-3H3,(H,24,28). The fourth-order valence-corrected chi connectivity index (χ4v) is 3.25. The number of hydrazine groups is 1. The summed E-state index contributed by atoms with van der Waals surface area (Å²) in [5, 5.41) is 1.07. The number of amides is 2. The first kappa shape index (κ1) is 23.6. The summed E-state index contributed by atoms with van der Waals surface area (Å²) in [4.78, 5) is 49.4. The van der Waals surface area contributed by atoms with Crippen LogP contribution in [0.2, 0.25) is 0 Å². The average Bonchev–Trinajstić information content (AvgIpc) is 3.21. The molecule has 174 valence electrons. The Balaban J connectivity index is 1.54. The normalized spacial score (nSPS) is 15.1. The van der Waals surface area contributed by atoms with E-state index in [2.05, 4.69) is 5.43 Å². The van der Waals surface area contributed by atoms with Gasteiger partial charge in [0, 0.05) is 17.5 Å². The molecule has 0 radical (unpaired) electrons. The van der Waals surface area contributed by atoms with Gasteiger partial charge in [-0.25, -0.2) is 0 Å². The van der Waals surface area contributed by atoms with Crippen LogP contribution in [0.3, 0.4) is 0 Å². The minimum absolute atomic E-state index is 0.0621. The van der Waals surface area contributed by atoms with Crippen LogP contribution in [-0.2, 0) is 14.3 Å². The third-order valence-electron chi connectivity index (χ3n) is 5.10. The number of methoxy groups -OCH3 is 3. The van der Waals surface area contributed by atoms with Gasteiger partial charge in [0.1, 0.15) is 5.75 Å². The van der Waals surface area contributed by atoms with Crippen molar-refractivity contribution in [2.75, 3.05) is 34.5 Å². The number of ketones is 1. The summed E-state index contributed by atoms with van der Waals surface area (Å²) in [7, 11) is 4.44. The molecule has 0 saturated carbocycles. The minimum atomic E-state index is -0.799. The van der Waals surface area contributed by atoms with Gasteiger partial charge in [0.25, 0.3) is 5.91 Å². The van der Waals surface area contributed by atoms with E-state index in [4.69, 9.17) is 18.9 Å². The summed E-state index contributed by atoms with van der Waals surface area (Å²) >= 11 is 0. The predicted molar refractivity (Wildman–Crippen MR) is 115 cm³/mol. The van der Waals surface area contributed by atoms with Gasteiger partial charge < -0.3 is 18.9 Å². The lowest BCUT2D eigenvalue weighted by Crippen LogP contribution is -2.43. The van der Waals surface area contributed by atoms with Crippen LogP contribution in [0, 0.1) is 5.92 Å². The second-order valence-electron chi connectivity index (χ2n) is 7.18. The SMILES string of the molecule is COc1ccc(C(=O)COC(=O)C2CC(=O)N(NC(=O)c3ccc(OC)c(OC)c3)C2)cc1. The maximum absolute atomic E-state index is 12.5. The minimum Gasteiger partial charge on any atom is -0.497 e. The van der Waals surface area contributed by atoms with Gasteiger partial charge in [0.15, 0.2) is 23.9 Å². The molecule has 1 aliphatic rings. The molecule has 2 aromatic rings. The zero-order valence-corrected chi connectivity index (χ0v) is 18.5. The molecular weight excluding hydrogens is 432 g/mol.